The van der Waals surface area contributed by atoms with Crippen LogP contribution in [0.4, 0.5) is 0 Å². The number of rotatable bonds is 5. The topological polar surface area (TPSA) is 17.1 Å². The third-order valence-corrected chi connectivity index (χ3v) is 18.1. The molecule has 0 saturated heterocycles. The van der Waals surface area contributed by atoms with E-state index >= 15 is 0 Å². The summed E-state index contributed by atoms with van der Waals surface area (Å²) in [4.78, 5) is 11.5. The molecule has 0 atom stereocenters. The maximum atomic E-state index is 10.6. The van der Waals surface area contributed by atoms with Crippen molar-refractivity contribution in [1.29, 1.82) is 0 Å². The summed E-state index contributed by atoms with van der Waals surface area (Å²) in [5, 5.41) is 4.02. The van der Waals surface area contributed by atoms with Crippen LogP contribution in [0, 0.1) is 0 Å². The van der Waals surface area contributed by atoms with Crippen molar-refractivity contribution in [3.63, 3.8) is 0 Å². The zero-order chi connectivity index (χ0) is 10.6. The SMILES string of the molecule is C[CH2][Ge]([CH2]C)([CH2]C)[c]1ccc(C=O)s1. The Hall–Kier alpha value is -0.0871. The normalized spacial score (nSPS) is 11.6. The molecule has 0 aromatic carbocycles. The molecule has 0 aliphatic carbocycles. The van der Waals surface area contributed by atoms with E-state index in [1.54, 1.807) is 15.0 Å². The molecule has 1 heterocycles. The summed E-state index contributed by atoms with van der Waals surface area (Å²) in [5.74, 6) is 0. The van der Waals surface area contributed by atoms with Crippen molar-refractivity contribution < 1.29 is 4.79 Å². The summed E-state index contributed by atoms with van der Waals surface area (Å²) >= 11 is -0.0349. The van der Waals surface area contributed by atoms with E-state index < -0.39 is 13.3 Å². The monoisotopic (exact) mass is 272 g/mol. The van der Waals surface area contributed by atoms with E-state index in [9.17, 15) is 4.79 Å². The molecule has 0 aliphatic rings. The minimum absolute atomic E-state index is 0.894. The van der Waals surface area contributed by atoms with Gasteiger partial charge in [-0.15, -0.1) is 0 Å². The first-order valence-corrected chi connectivity index (χ1v) is 11.6. The molecular weight excluding hydrogens is 253 g/mol. The Bertz CT molecular complexity index is 294. The number of aldehydes is 1. The zero-order valence-electron chi connectivity index (χ0n) is 9.17. The molecule has 0 unspecified atom stereocenters. The van der Waals surface area contributed by atoms with Gasteiger partial charge in [0.05, 0.1) is 0 Å². The second-order valence-electron chi connectivity index (χ2n) is 3.66. The summed E-state index contributed by atoms with van der Waals surface area (Å²) in [6.07, 6.45) is 0.974. The van der Waals surface area contributed by atoms with Crippen LogP contribution in [-0.2, 0) is 0 Å². The quantitative estimate of drug-likeness (QED) is 0.593. The van der Waals surface area contributed by atoms with Crippen LogP contribution < -0.4 is 3.71 Å². The Kier molecular flexibility index (Phi) is 4.39. The summed E-state index contributed by atoms with van der Waals surface area (Å²) < 4.78 is 1.56. The summed E-state index contributed by atoms with van der Waals surface area (Å²) in [5.41, 5.74) is 0. The molecule has 14 heavy (non-hydrogen) atoms. The van der Waals surface area contributed by atoms with Crippen LogP contribution in [0.5, 0.6) is 0 Å². The van der Waals surface area contributed by atoms with Crippen molar-refractivity contribution in [2.45, 2.75) is 36.5 Å². The van der Waals surface area contributed by atoms with Crippen LogP contribution in [0.25, 0.3) is 0 Å². The van der Waals surface area contributed by atoms with Gasteiger partial charge in [0.15, 0.2) is 0 Å². The molecule has 0 fully saturated rings. The maximum absolute atomic E-state index is 10.6. The first-order chi connectivity index (χ1) is 6.72. The van der Waals surface area contributed by atoms with Crippen LogP contribution >= 0.6 is 11.3 Å². The van der Waals surface area contributed by atoms with E-state index in [2.05, 4.69) is 26.8 Å². The van der Waals surface area contributed by atoms with Gasteiger partial charge in [-0.3, -0.25) is 0 Å². The van der Waals surface area contributed by atoms with Gasteiger partial charge in [-0.05, 0) is 0 Å². The third-order valence-electron chi connectivity index (χ3n) is 3.30. The van der Waals surface area contributed by atoms with Crippen LogP contribution in [-0.4, -0.2) is 19.6 Å². The minimum atomic E-state index is -1.76. The molecule has 0 N–H and O–H groups in total. The first-order valence-electron chi connectivity index (χ1n) is 5.28. The van der Waals surface area contributed by atoms with Crippen LogP contribution in [0.2, 0.25) is 15.8 Å². The molecule has 1 rings (SSSR count). The van der Waals surface area contributed by atoms with Gasteiger partial charge in [-0.1, -0.05) is 0 Å². The summed E-state index contributed by atoms with van der Waals surface area (Å²) in [6.45, 7) is 6.94. The number of carbonyl (C=O) groups is 1. The number of thiophene rings is 1. The van der Waals surface area contributed by atoms with Gasteiger partial charge in [-0.2, -0.15) is 0 Å². The molecule has 0 spiro atoms. The molecule has 1 aromatic heterocycles. The van der Waals surface area contributed by atoms with Crippen LogP contribution in [0.1, 0.15) is 30.4 Å². The van der Waals surface area contributed by atoms with Crippen molar-refractivity contribution in [2.24, 2.45) is 0 Å². The van der Waals surface area contributed by atoms with Crippen molar-refractivity contribution in [3.8, 4) is 0 Å². The molecule has 78 valence electrons. The number of hydrogen-bond donors (Lipinski definition) is 0. The van der Waals surface area contributed by atoms with Gasteiger partial charge >= 0.3 is 92.9 Å². The molecule has 0 radical (unpaired) electrons. The van der Waals surface area contributed by atoms with Crippen molar-refractivity contribution >= 4 is 34.6 Å². The Morgan fingerprint density at radius 3 is 2.14 bits per heavy atom. The second-order valence-corrected chi connectivity index (χ2v) is 16.5. The van der Waals surface area contributed by atoms with E-state index in [0.717, 1.165) is 11.2 Å². The Morgan fingerprint density at radius 1 is 1.21 bits per heavy atom. The Balaban J connectivity index is 3.04. The summed E-state index contributed by atoms with van der Waals surface area (Å²) in [6, 6.07) is 4.18. The predicted molar refractivity (Wildman–Crippen MR) is 66.5 cm³/mol. The Labute approximate surface area is 92.9 Å². The van der Waals surface area contributed by atoms with E-state index in [-0.39, 0.29) is 0 Å². The Morgan fingerprint density at radius 2 is 1.79 bits per heavy atom. The van der Waals surface area contributed by atoms with Crippen LogP contribution in [0.3, 0.4) is 0 Å². The molecule has 0 saturated carbocycles. The van der Waals surface area contributed by atoms with Gasteiger partial charge in [0.2, 0.25) is 0 Å². The molecule has 3 heteroatoms. The van der Waals surface area contributed by atoms with Gasteiger partial charge < -0.3 is 0 Å². The van der Waals surface area contributed by atoms with Crippen molar-refractivity contribution in [2.75, 3.05) is 0 Å². The van der Waals surface area contributed by atoms with E-state index in [1.165, 1.54) is 15.8 Å². The number of carbonyl (C=O) groups excluding carboxylic acids is 1. The van der Waals surface area contributed by atoms with E-state index in [4.69, 9.17) is 0 Å². The zero-order valence-corrected chi connectivity index (χ0v) is 12.1. The van der Waals surface area contributed by atoms with Crippen molar-refractivity contribution in [1.82, 2.24) is 0 Å². The number of hydrogen-bond acceptors (Lipinski definition) is 2. The van der Waals surface area contributed by atoms with E-state index in [1.807, 2.05) is 6.07 Å². The first kappa shape index (κ1) is 12.0. The third kappa shape index (κ3) is 2.11. The molecule has 1 nitrogen and oxygen atoms in total. The fraction of sp³-hybridized carbons (Fsp3) is 0.545. The standard InChI is InChI=1S/C11H18GeOS/c1-4-12(5-2,6-3)11-8-7-10(9-13)14-11/h7-9H,4-6H2,1-3H3. The fourth-order valence-corrected chi connectivity index (χ4v) is 13.4. The predicted octanol–water partition coefficient (Wildman–Crippen LogP) is 3.28. The molecule has 0 amide bonds. The van der Waals surface area contributed by atoms with Gasteiger partial charge in [0, 0.05) is 0 Å². The second kappa shape index (κ2) is 5.12. The average molecular weight is 271 g/mol. The molecular formula is C11H18GeOS. The van der Waals surface area contributed by atoms with Gasteiger partial charge in [0.25, 0.3) is 0 Å². The summed E-state index contributed by atoms with van der Waals surface area (Å²) in [7, 11) is 0. The van der Waals surface area contributed by atoms with Crippen LogP contribution in [0.15, 0.2) is 12.1 Å². The molecule has 1 aromatic rings. The van der Waals surface area contributed by atoms with Gasteiger partial charge in [0.1, 0.15) is 0 Å². The van der Waals surface area contributed by atoms with Crippen molar-refractivity contribution in [3.05, 3.63) is 17.0 Å². The average Bonchev–Trinajstić information content (AvgIpc) is 2.71. The van der Waals surface area contributed by atoms with E-state index in [0.29, 0.717) is 0 Å². The fourth-order valence-electron chi connectivity index (χ4n) is 1.97. The molecule has 0 aliphatic heterocycles. The van der Waals surface area contributed by atoms with Gasteiger partial charge in [-0.25, -0.2) is 0 Å². The molecule has 0 bridgehead atoms.